The summed E-state index contributed by atoms with van der Waals surface area (Å²) in [5.41, 5.74) is 0. The molecule has 1 fully saturated rings. The van der Waals surface area contributed by atoms with Gasteiger partial charge >= 0.3 is 10.4 Å². The van der Waals surface area contributed by atoms with Crippen molar-refractivity contribution < 1.29 is 51.8 Å². The number of unbranched alkanes of at least 4 members (excludes halogenated alkanes) is 30. The molecule has 368 valence electrons. The van der Waals surface area contributed by atoms with Crippen LogP contribution in [0.2, 0.25) is 0 Å². The minimum absolute atomic E-state index is 0.232. The fourth-order valence-corrected chi connectivity index (χ4v) is 8.85. The number of allylic oxidation sites excluding steroid dienone is 2. The summed E-state index contributed by atoms with van der Waals surface area (Å²) in [7, 11) is -5.08. The van der Waals surface area contributed by atoms with E-state index in [4.69, 9.17) is 9.47 Å². The largest absolute Gasteiger partial charge is 0.397 e. The van der Waals surface area contributed by atoms with Crippen molar-refractivity contribution >= 4 is 16.3 Å². The Bertz CT molecular complexity index is 1160. The van der Waals surface area contributed by atoms with E-state index < -0.39 is 59.9 Å². The lowest BCUT2D eigenvalue weighted by Crippen LogP contribution is -2.61. The molecule has 0 aromatic carbocycles. The Kier molecular flexibility index (Phi) is 38.1. The second kappa shape index (κ2) is 40.1. The summed E-state index contributed by atoms with van der Waals surface area (Å²) in [4.78, 5) is 13.1. The summed E-state index contributed by atoms with van der Waals surface area (Å²) >= 11 is 0. The fraction of sp³-hybridized carbons (Fsp3) is 0.939. The van der Waals surface area contributed by atoms with Gasteiger partial charge < -0.3 is 35.2 Å². The lowest BCUT2D eigenvalue weighted by molar-refractivity contribution is -0.298. The number of carbonyl (C=O) groups is 1. The van der Waals surface area contributed by atoms with Gasteiger partial charge in [0.15, 0.2) is 6.29 Å². The molecule has 1 saturated heterocycles. The Hall–Kier alpha value is -1.16. The molecule has 0 aromatic rings. The average molecular weight is 906 g/mol. The number of hydrogen-bond donors (Lipinski definition) is 6. The SMILES string of the molecule is CCCCCC/C=C\CCCCCCCCCC(=O)NC(COC1OC(CO)C(O)C(OS(=O)(=O)O)C1O)C(O)CCCCCCCCCCCCCCCCCCCCCC. The van der Waals surface area contributed by atoms with Crippen LogP contribution >= 0.6 is 0 Å². The molecule has 1 heterocycles. The van der Waals surface area contributed by atoms with E-state index in [9.17, 15) is 38.2 Å². The standard InChI is InChI=1S/C49H95NO11S/c1-3-5-7-9-11-13-15-17-19-20-21-22-23-25-26-28-30-32-34-36-38-43(52)42(41-59-49-47(55)48(61-62(56,57)58)46(54)44(40-51)60-49)50-45(53)39-37-35-33-31-29-27-24-18-16-14-12-10-8-6-4-2/h14,16,42-44,46-49,51-52,54-55H,3-13,15,17-41H2,1-2H3,(H,50,53)(H,56,57,58)/b16-14-. The van der Waals surface area contributed by atoms with Gasteiger partial charge in [0.1, 0.15) is 24.4 Å². The van der Waals surface area contributed by atoms with Crippen LogP contribution in [0, 0.1) is 0 Å². The van der Waals surface area contributed by atoms with Gasteiger partial charge in [0.2, 0.25) is 5.91 Å². The first kappa shape index (κ1) is 58.9. The lowest BCUT2D eigenvalue weighted by Gasteiger charge is -2.41. The van der Waals surface area contributed by atoms with Crippen molar-refractivity contribution in [2.24, 2.45) is 0 Å². The maximum Gasteiger partial charge on any atom is 0.397 e. The summed E-state index contributed by atoms with van der Waals surface area (Å²) < 4.78 is 47.8. The van der Waals surface area contributed by atoms with Crippen LogP contribution in [0.1, 0.15) is 239 Å². The molecule has 62 heavy (non-hydrogen) atoms. The minimum atomic E-state index is -5.08. The smallest absolute Gasteiger partial charge is 0.394 e. The van der Waals surface area contributed by atoms with Crippen LogP contribution in [0.15, 0.2) is 12.2 Å². The zero-order valence-electron chi connectivity index (χ0n) is 39.5. The predicted molar refractivity (Wildman–Crippen MR) is 250 cm³/mol. The van der Waals surface area contributed by atoms with Gasteiger partial charge in [-0.05, 0) is 38.5 Å². The molecule has 0 saturated carbocycles. The van der Waals surface area contributed by atoms with E-state index in [1.807, 2.05) is 0 Å². The van der Waals surface area contributed by atoms with Gasteiger partial charge in [-0.3, -0.25) is 9.35 Å². The van der Waals surface area contributed by atoms with E-state index >= 15 is 0 Å². The normalized spacial score (nSPS) is 20.5. The zero-order valence-corrected chi connectivity index (χ0v) is 40.3. The molecule has 13 heteroatoms. The molecule has 0 aliphatic carbocycles. The fourth-order valence-electron chi connectivity index (χ4n) is 8.34. The second-order valence-corrected chi connectivity index (χ2v) is 19.2. The second-order valence-electron chi connectivity index (χ2n) is 18.1. The molecule has 7 unspecified atom stereocenters. The highest BCUT2D eigenvalue weighted by atomic mass is 32.3. The van der Waals surface area contributed by atoms with Crippen molar-refractivity contribution in [3.8, 4) is 0 Å². The summed E-state index contributed by atoms with van der Waals surface area (Å²) in [5, 5.41) is 45.0. The first-order valence-corrected chi connectivity index (χ1v) is 26.9. The highest BCUT2D eigenvalue weighted by Gasteiger charge is 2.48. The molecule has 1 aliphatic heterocycles. The molecule has 1 rings (SSSR count). The van der Waals surface area contributed by atoms with Crippen molar-refractivity contribution in [1.29, 1.82) is 0 Å². The average Bonchev–Trinajstić information content (AvgIpc) is 3.24. The third-order valence-electron chi connectivity index (χ3n) is 12.3. The summed E-state index contributed by atoms with van der Waals surface area (Å²) in [6.45, 7) is 3.45. The number of amides is 1. The van der Waals surface area contributed by atoms with Crippen molar-refractivity contribution in [1.82, 2.24) is 5.32 Å². The Labute approximate surface area is 379 Å². The van der Waals surface area contributed by atoms with Crippen molar-refractivity contribution in [2.75, 3.05) is 13.2 Å². The van der Waals surface area contributed by atoms with Crippen LogP contribution in [-0.4, -0.2) is 95.4 Å². The predicted octanol–water partition coefficient (Wildman–Crippen LogP) is 10.7. The molecule has 0 spiro atoms. The highest BCUT2D eigenvalue weighted by Crippen LogP contribution is 2.26. The van der Waals surface area contributed by atoms with Crippen molar-refractivity contribution in [2.45, 2.75) is 281 Å². The molecule has 0 bridgehead atoms. The van der Waals surface area contributed by atoms with E-state index in [-0.39, 0.29) is 18.9 Å². The van der Waals surface area contributed by atoms with E-state index in [0.29, 0.717) is 12.8 Å². The van der Waals surface area contributed by atoms with Gasteiger partial charge in [0, 0.05) is 6.42 Å². The Morgan fingerprint density at radius 3 is 1.47 bits per heavy atom. The Morgan fingerprint density at radius 1 is 0.629 bits per heavy atom. The van der Waals surface area contributed by atoms with Crippen LogP contribution in [0.4, 0.5) is 0 Å². The number of aliphatic hydroxyl groups excluding tert-OH is 4. The topological polar surface area (TPSA) is 192 Å². The van der Waals surface area contributed by atoms with E-state index in [1.54, 1.807) is 0 Å². The highest BCUT2D eigenvalue weighted by molar-refractivity contribution is 7.80. The van der Waals surface area contributed by atoms with Gasteiger partial charge in [-0.25, -0.2) is 4.18 Å². The molecule has 1 aliphatic rings. The van der Waals surface area contributed by atoms with E-state index in [1.165, 1.54) is 154 Å². The lowest BCUT2D eigenvalue weighted by atomic mass is 9.99. The van der Waals surface area contributed by atoms with Crippen molar-refractivity contribution in [3.05, 3.63) is 12.2 Å². The van der Waals surface area contributed by atoms with Gasteiger partial charge in [-0.2, -0.15) is 8.42 Å². The van der Waals surface area contributed by atoms with Crippen LogP contribution in [0.5, 0.6) is 0 Å². The maximum absolute atomic E-state index is 13.1. The monoisotopic (exact) mass is 906 g/mol. The quantitative estimate of drug-likeness (QED) is 0.0194. The van der Waals surface area contributed by atoms with Crippen LogP contribution < -0.4 is 5.32 Å². The molecule has 0 radical (unpaired) electrons. The Morgan fingerprint density at radius 2 is 1.03 bits per heavy atom. The third-order valence-corrected chi connectivity index (χ3v) is 12.8. The first-order valence-electron chi connectivity index (χ1n) is 25.6. The van der Waals surface area contributed by atoms with Crippen LogP contribution in [0.25, 0.3) is 0 Å². The molecule has 12 nitrogen and oxygen atoms in total. The Balaban J connectivity index is 2.43. The number of hydrogen-bond acceptors (Lipinski definition) is 10. The van der Waals surface area contributed by atoms with Gasteiger partial charge in [0.25, 0.3) is 0 Å². The minimum Gasteiger partial charge on any atom is -0.394 e. The van der Waals surface area contributed by atoms with Crippen LogP contribution in [0.3, 0.4) is 0 Å². The molecular formula is C49H95NO11S. The third kappa shape index (κ3) is 32.5. The number of rotatable bonds is 44. The van der Waals surface area contributed by atoms with Crippen LogP contribution in [-0.2, 0) is 28.9 Å². The van der Waals surface area contributed by atoms with E-state index in [0.717, 1.165) is 51.4 Å². The van der Waals surface area contributed by atoms with Gasteiger partial charge in [-0.15, -0.1) is 0 Å². The van der Waals surface area contributed by atoms with Gasteiger partial charge in [0.05, 0.1) is 25.4 Å². The number of aliphatic hydroxyl groups is 4. The molecule has 0 aromatic heterocycles. The molecule has 7 atom stereocenters. The number of ether oxygens (including phenoxy) is 2. The summed E-state index contributed by atoms with van der Waals surface area (Å²) in [5.74, 6) is -0.232. The molecule has 1 amide bonds. The van der Waals surface area contributed by atoms with Crippen molar-refractivity contribution in [3.63, 3.8) is 0 Å². The van der Waals surface area contributed by atoms with E-state index in [2.05, 4.69) is 35.5 Å². The summed E-state index contributed by atoms with van der Waals surface area (Å²) in [6, 6.07) is -0.857. The number of carbonyl (C=O) groups excluding carboxylic acids is 1. The van der Waals surface area contributed by atoms with Gasteiger partial charge in [-0.1, -0.05) is 206 Å². The first-order chi connectivity index (χ1) is 30.0. The summed E-state index contributed by atoms with van der Waals surface area (Å²) in [6.07, 6.45) is 36.3. The number of nitrogens with one attached hydrogen (secondary N) is 1. The zero-order chi connectivity index (χ0) is 45.5. The molecular weight excluding hydrogens is 811 g/mol. The maximum atomic E-state index is 13.1. The molecule has 6 N–H and O–H groups in total.